The van der Waals surface area contributed by atoms with Crippen LogP contribution in [0.4, 0.5) is 5.69 Å². The maximum atomic E-state index is 12.9. The van der Waals surface area contributed by atoms with Crippen molar-refractivity contribution in [3.63, 3.8) is 0 Å². The second-order valence-electron chi connectivity index (χ2n) is 6.59. The number of anilines is 1. The maximum Gasteiger partial charge on any atom is 0.274 e. The lowest BCUT2D eigenvalue weighted by Gasteiger charge is -2.09. The first-order valence-electron chi connectivity index (χ1n) is 9.26. The van der Waals surface area contributed by atoms with Gasteiger partial charge in [-0.2, -0.15) is 0 Å². The molecule has 0 aliphatic carbocycles. The van der Waals surface area contributed by atoms with Crippen LogP contribution in [0.2, 0.25) is 0 Å². The third-order valence-electron chi connectivity index (χ3n) is 4.49. The number of hydrogen-bond donors (Lipinski definition) is 1. The number of ether oxygens (including phenoxy) is 1. The molecule has 1 amide bonds. The number of aromatic nitrogens is 2. The molecule has 0 fully saturated rings. The highest BCUT2D eigenvalue weighted by molar-refractivity contribution is 6.04. The number of carbonyl (C=O) groups excluding carboxylic acids is 1. The van der Waals surface area contributed by atoms with E-state index in [-0.39, 0.29) is 5.91 Å². The van der Waals surface area contributed by atoms with Gasteiger partial charge in [-0.1, -0.05) is 25.1 Å². The van der Waals surface area contributed by atoms with Gasteiger partial charge in [-0.05, 0) is 67.4 Å². The van der Waals surface area contributed by atoms with Crippen LogP contribution in [0.15, 0.2) is 72.9 Å². The van der Waals surface area contributed by atoms with E-state index in [0.717, 1.165) is 22.7 Å². The molecule has 0 spiro atoms. The summed E-state index contributed by atoms with van der Waals surface area (Å²) in [4.78, 5) is 17.5. The normalized spacial score (nSPS) is 10.8. The largest absolute Gasteiger partial charge is 0.457 e. The third kappa shape index (κ3) is 3.60. The highest BCUT2D eigenvalue weighted by Crippen LogP contribution is 2.23. The summed E-state index contributed by atoms with van der Waals surface area (Å²) >= 11 is 0. The first-order valence-corrected chi connectivity index (χ1v) is 9.26. The second-order valence-corrected chi connectivity index (χ2v) is 6.59. The molecule has 0 saturated heterocycles. The third-order valence-corrected chi connectivity index (χ3v) is 4.49. The summed E-state index contributed by atoms with van der Waals surface area (Å²) in [6, 6.07) is 20.9. The Morgan fingerprint density at radius 2 is 1.75 bits per heavy atom. The number of nitrogens with zero attached hydrogens (tertiary/aromatic N) is 2. The van der Waals surface area contributed by atoms with Gasteiger partial charge in [-0.3, -0.25) is 9.20 Å². The number of imidazole rings is 1. The standard InChI is InChI=1S/C23H21N3O2/c1-3-20-22(26-14-13-16(2)15-21(26)25-20)23(27)24-17-9-11-19(12-10-17)28-18-7-5-4-6-8-18/h4-15H,3H2,1-2H3,(H,24,27). The lowest BCUT2D eigenvalue weighted by Crippen LogP contribution is -2.16. The highest BCUT2D eigenvalue weighted by Gasteiger charge is 2.18. The SMILES string of the molecule is CCc1nc2cc(C)ccn2c1C(=O)Nc1ccc(Oc2ccccc2)cc1. The van der Waals surface area contributed by atoms with Crippen molar-refractivity contribution in [3.8, 4) is 11.5 Å². The van der Waals surface area contributed by atoms with Crippen molar-refractivity contribution in [1.29, 1.82) is 0 Å². The summed E-state index contributed by atoms with van der Waals surface area (Å²) in [5.41, 5.74) is 3.96. The van der Waals surface area contributed by atoms with Gasteiger partial charge < -0.3 is 10.1 Å². The smallest absolute Gasteiger partial charge is 0.274 e. The molecule has 0 atom stereocenters. The van der Waals surface area contributed by atoms with E-state index < -0.39 is 0 Å². The van der Waals surface area contributed by atoms with Crippen LogP contribution < -0.4 is 10.1 Å². The number of para-hydroxylation sites is 1. The lowest BCUT2D eigenvalue weighted by atomic mass is 10.2. The van der Waals surface area contributed by atoms with E-state index in [9.17, 15) is 4.79 Å². The summed E-state index contributed by atoms with van der Waals surface area (Å²) in [7, 11) is 0. The Balaban J connectivity index is 1.55. The number of benzene rings is 2. The number of nitrogens with one attached hydrogen (secondary N) is 1. The van der Waals surface area contributed by atoms with Crippen molar-refractivity contribution in [2.45, 2.75) is 20.3 Å². The van der Waals surface area contributed by atoms with Crippen molar-refractivity contribution in [2.75, 3.05) is 5.32 Å². The summed E-state index contributed by atoms with van der Waals surface area (Å²) in [6.07, 6.45) is 2.58. The van der Waals surface area contributed by atoms with E-state index in [1.54, 1.807) is 0 Å². The zero-order valence-corrected chi connectivity index (χ0v) is 15.8. The van der Waals surface area contributed by atoms with Crippen molar-refractivity contribution < 1.29 is 9.53 Å². The maximum absolute atomic E-state index is 12.9. The number of hydrogen-bond acceptors (Lipinski definition) is 3. The summed E-state index contributed by atoms with van der Waals surface area (Å²) in [5.74, 6) is 1.31. The minimum absolute atomic E-state index is 0.176. The van der Waals surface area contributed by atoms with Gasteiger partial charge in [0.25, 0.3) is 5.91 Å². The average molecular weight is 371 g/mol. The molecule has 1 N–H and O–H groups in total. The predicted molar refractivity (Wildman–Crippen MR) is 110 cm³/mol. The quantitative estimate of drug-likeness (QED) is 0.521. The molecule has 0 aliphatic rings. The van der Waals surface area contributed by atoms with Crippen LogP contribution >= 0.6 is 0 Å². The monoisotopic (exact) mass is 371 g/mol. The fourth-order valence-corrected chi connectivity index (χ4v) is 3.10. The topological polar surface area (TPSA) is 55.6 Å². The van der Waals surface area contributed by atoms with Crippen LogP contribution in [0.5, 0.6) is 11.5 Å². The van der Waals surface area contributed by atoms with Crippen LogP contribution in [-0.4, -0.2) is 15.3 Å². The highest BCUT2D eigenvalue weighted by atomic mass is 16.5. The molecule has 2 heterocycles. The van der Waals surface area contributed by atoms with Gasteiger partial charge in [0, 0.05) is 11.9 Å². The minimum Gasteiger partial charge on any atom is -0.457 e. The summed E-state index contributed by atoms with van der Waals surface area (Å²) < 4.78 is 7.63. The van der Waals surface area contributed by atoms with E-state index in [2.05, 4.69) is 10.3 Å². The predicted octanol–water partition coefficient (Wildman–Crippen LogP) is 5.25. The first-order chi connectivity index (χ1) is 13.6. The van der Waals surface area contributed by atoms with Crippen LogP contribution in [0.3, 0.4) is 0 Å². The molecule has 5 heteroatoms. The fraction of sp³-hybridized carbons (Fsp3) is 0.130. The Kier molecular flexibility index (Phi) is 4.81. The van der Waals surface area contributed by atoms with Crippen molar-refractivity contribution in [3.05, 3.63) is 89.9 Å². The molecule has 2 aromatic carbocycles. The van der Waals surface area contributed by atoms with Gasteiger partial charge in [0.05, 0.1) is 5.69 Å². The van der Waals surface area contributed by atoms with Crippen LogP contribution in [-0.2, 0) is 6.42 Å². The molecule has 0 bridgehead atoms. The van der Waals surface area contributed by atoms with E-state index in [1.165, 1.54) is 0 Å². The molecule has 5 nitrogen and oxygen atoms in total. The molecule has 0 saturated carbocycles. The van der Waals surface area contributed by atoms with Gasteiger partial charge in [-0.25, -0.2) is 4.98 Å². The second kappa shape index (κ2) is 7.56. The Bertz CT molecular complexity index is 1120. The van der Waals surface area contributed by atoms with Gasteiger partial charge >= 0.3 is 0 Å². The molecular formula is C23H21N3O2. The zero-order valence-electron chi connectivity index (χ0n) is 15.8. The number of fused-ring (bicyclic) bond motifs is 1. The van der Waals surface area contributed by atoms with Crippen molar-refractivity contribution in [1.82, 2.24) is 9.38 Å². The molecule has 4 rings (SSSR count). The molecule has 28 heavy (non-hydrogen) atoms. The molecule has 2 aromatic heterocycles. The van der Waals surface area contributed by atoms with Crippen LogP contribution in [0.25, 0.3) is 5.65 Å². The first kappa shape index (κ1) is 17.8. The van der Waals surface area contributed by atoms with E-state index in [1.807, 2.05) is 91.2 Å². The molecule has 0 unspecified atom stereocenters. The van der Waals surface area contributed by atoms with E-state index in [0.29, 0.717) is 23.6 Å². The number of aryl methyl sites for hydroxylation is 2. The van der Waals surface area contributed by atoms with Crippen LogP contribution in [0.1, 0.15) is 28.7 Å². The molecule has 140 valence electrons. The summed E-state index contributed by atoms with van der Waals surface area (Å²) in [5, 5.41) is 2.96. The Morgan fingerprint density at radius 1 is 1.04 bits per heavy atom. The lowest BCUT2D eigenvalue weighted by molar-refractivity contribution is 0.102. The van der Waals surface area contributed by atoms with Gasteiger partial charge in [-0.15, -0.1) is 0 Å². The van der Waals surface area contributed by atoms with Crippen molar-refractivity contribution >= 4 is 17.2 Å². The van der Waals surface area contributed by atoms with E-state index >= 15 is 0 Å². The summed E-state index contributed by atoms with van der Waals surface area (Å²) in [6.45, 7) is 4.01. The molecule has 0 radical (unpaired) electrons. The Morgan fingerprint density at radius 3 is 2.46 bits per heavy atom. The molecular weight excluding hydrogens is 350 g/mol. The number of rotatable bonds is 5. The molecule has 4 aromatic rings. The van der Waals surface area contributed by atoms with Gasteiger partial charge in [0.1, 0.15) is 22.8 Å². The van der Waals surface area contributed by atoms with Gasteiger partial charge in [0.15, 0.2) is 0 Å². The zero-order chi connectivity index (χ0) is 19.5. The van der Waals surface area contributed by atoms with E-state index in [4.69, 9.17) is 4.74 Å². The average Bonchev–Trinajstić information content (AvgIpc) is 3.08. The minimum atomic E-state index is -0.176. The Hall–Kier alpha value is -3.60. The van der Waals surface area contributed by atoms with Crippen LogP contribution in [0, 0.1) is 6.92 Å². The number of carbonyl (C=O) groups is 1. The molecule has 0 aliphatic heterocycles. The number of amides is 1. The van der Waals surface area contributed by atoms with Crippen molar-refractivity contribution in [2.24, 2.45) is 0 Å². The number of pyridine rings is 1. The Labute approximate surface area is 163 Å². The fourth-order valence-electron chi connectivity index (χ4n) is 3.10. The van der Waals surface area contributed by atoms with Gasteiger partial charge in [0.2, 0.25) is 0 Å².